The highest BCUT2D eigenvalue weighted by Gasteiger charge is 2.20. The molecule has 0 spiro atoms. The minimum Gasteiger partial charge on any atom is -0.333 e. The molecule has 0 unspecified atom stereocenters. The van der Waals surface area contributed by atoms with Gasteiger partial charge >= 0.3 is 0 Å². The number of piperidine rings is 1. The van der Waals surface area contributed by atoms with Crippen LogP contribution in [0.5, 0.6) is 0 Å². The van der Waals surface area contributed by atoms with E-state index < -0.39 is 0 Å². The number of likely N-dealkylation sites (tertiary alicyclic amines) is 1. The van der Waals surface area contributed by atoms with Gasteiger partial charge in [0.2, 0.25) is 11.8 Å². The van der Waals surface area contributed by atoms with Gasteiger partial charge in [0.05, 0.1) is 6.54 Å². The van der Waals surface area contributed by atoms with Gasteiger partial charge in [-0.15, -0.1) is 0 Å². The average Bonchev–Trinajstić information content (AvgIpc) is 2.96. The summed E-state index contributed by atoms with van der Waals surface area (Å²) < 4.78 is 1.63. The van der Waals surface area contributed by atoms with Gasteiger partial charge in [-0.2, -0.15) is 5.10 Å². The summed E-state index contributed by atoms with van der Waals surface area (Å²) >= 11 is 0. The smallest absolute Gasteiger partial charge is 0.243 e. The third-order valence-electron chi connectivity index (χ3n) is 3.76. The number of benzene rings is 1. The molecule has 0 aliphatic carbocycles. The number of aryl methyl sites for hydroxylation is 1. The Hall–Kier alpha value is -2.70. The van der Waals surface area contributed by atoms with Crippen LogP contribution < -0.4 is 5.32 Å². The van der Waals surface area contributed by atoms with E-state index >= 15 is 0 Å². The van der Waals surface area contributed by atoms with Crippen molar-refractivity contribution in [3.63, 3.8) is 0 Å². The lowest BCUT2D eigenvalue weighted by Crippen LogP contribution is -2.40. The zero-order chi connectivity index (χ0) is 16.2. The summed E-state index contributed by atoms with van der Waals surface area (Å²) in [5.74, 6) is 0.471. The molecule has 1 N–H and O–H groups in total. The second-order valence-electron chi connectivity index (χ2n) is 5.64. The zero-order valence-electron chi connectivity index (χ0n) is 13.0. The molecule has 0 saturated carbocycles. The van der Waals surface area contributed by atoms with E-state index in [2.05, 4.69) is 15.4 Å². The van der Waals surface area contributed by atoms with Crippen molar-refractivity contribution in [3.05, 3.63) is 30.6 Å². The molecule has 2 aromatic rings. The minimum absolute atomic E-state index is 0.0536. The van der Waals surface area contributed by atoms with E-state index in [0.717, 1.165) is 18.4 Å². The monoisotopic (exact) mass is 313 g/mol. The van der Waals surface area contributed by atoms with Gasteiger partial charge in [-0.25, -0.2) is 4.98 Å². The van der Waals surface area contributed by atoms with Gasteiger partial charge in [-0.05, 0) is 25.0 Å². The number of rotatable bonds is 4. The van der Waals surface area contributed by atoms with Crippen LogP contribution in [-0.4, -0.2) is 44.6 Å². The molecule has 1 saturated heterocycles. The quantitative estimate of drug-likeness (QED) is 0.926. The van der Waals surface area contributed by atoms with Gasteiger partial charge < -0.3 is 10.2 Å². The Labute approximate surface area is 134 Å². The van der Waals surface area contributed by atoms with E-state index in [0.29, 0.717) is 24.5 Å². The summed E-state index contributed by atoms with van der Waals surface area (Å²) in [5, 5.41) is 7.08. The lowest BCUT2D eigenvalue weighted by molar-refractivity contribution is -0.136. The van der Waals surface area contributed by atoms with Crippen molar-refractivity contribution in [1.29, 1.82) is 0 Å². The van der Waals surface area contributed by atoms with Crippen LogP contribution in [0.1, 0.15) is 19.3 Å². The second-order valence-corrected chi connectivity index (χ2v) is 5.64. The molecule has 0 radical (unpaired) electrons. The number of anilines is 1. The van der Waals surface area contributed by atoms with E-state index in [-0.39, 0.29) is 18.4 Å². The number of hydrogen-bond acceptors (Lipinski definition) is 4. The van der Waals surface area contributed by atoms with Crippen LogP contribution in [0.15, 0.2) is 30.6 Å². The predicted octanol–water partition coefficient (Wildman–Crippen LogP) is 1.43. The standard InChI is InChI=1S/C16H19N5O2/c1-20-11-17-16(19-20)12-5-4-6-13(9-12)18-14(22)10-21-8-3-2-7-15(21)23/h4-6,9,11H,2-3,7-8,10H2,1H3,(H,18,22). The maximum Gasteiger partial charge on any atom is 0.243 e. The summed E-state index contributed by atoms with van der Waals surface area (Å²) in [6.45, 7) is 0.759. The van der Waals surface area contributed by atoms with E-state index in [1.165, 1.54) is 0 Å². The first kappa shape index (κ1) is 15.2. The fourth-order valence-electron chi connectivity index (χ4n) is 2.61. The Balaban J connectivity index is 1.65. The Morgan fingerprint density at radius 3 is 2.96 bits per heavy atom. The zero-order valence-corrected chi connectivity index (χ0v) is 13.0. The van der Waals surface area contributed by atoms with Crippen molar-refractivity contribution < 1.29 is 9.59 Å². The largest absolute Gasteiger partial charge is 0.333 e. The molecule has 23 heavy (non-hydrogen) atoms. The molecule has 1 aliphatic heterocycles. The lowest BCUT2D eigenvalue weighted by atomic mass is 10.1. The minimum atomic E-state index is -0.189. The van der Waals surface area contributed by atoms with Crippen molar-refractivity contribution in [2.75, 3.05) is 18.4 Å². The molecule has 0 atom stereocenters. The fourth-order valence-corrected chi connectivity index (χ4v) is 2.61. The molecule has 1 aliphatic rings. The van der Waals surface area contributed by atoms with Crippen LogP contribution in [0.25, 0.3) is 11.4 Å². The van der Waals surface area contributed by atoms with Crippen LogP contribution in [0.4, 0.5) is 5.69 Å². The lowest BCUT2D eigenvalue weighted by Gasteiger charge is -2.25. The Bertz CT molecular complexity index is 725. The second kappa shape index (κ2) is 6.60. The molecule has 2 amide bonds. The normalized spacial score (nSPS) is 14.8. The van der Waals surface area contributed by atoms with Gasteiger partial charge in [0.25, 0.3) is 0 Å². The number of hydrogen-bond donors (Lipinski definition) is 1. The maximum absolute atomic E-state index is 12.1. The molecule has 120 valence electrons. The highest BCUT2D eigenvalue weighted by molar-refractivity contribution is 5.95. The molecule has 0 bridgehead atoms. The third kappa shape index (κ3) is 3.74. The van der Waals surface area contributed by atoms with Gasteiger partial charge in [0.15, 0.2) is 5.82 Å². The van der Waals surface area contributed by atoms with E-state index in [1.54, 1.807) is 23.0 Å². The first-order valence-electron chi connectivity index (χ1n) is 7.65. The van der Waals surface area contributed by atoms with Gasteiger partial charge in [0, 0.05) is 31.3 Å². The molecule has 1 aromatic carbocycles. The number of nitrogens with one attached hydrogen (secondary N) is 1. The topological polar surface area (TPSA) is 80.1 Å². The van der Waals surface area contributed by atoms with Crippen LogP contribution in [-0.2, 0) is 16.6 Å². The first-order valence-corrected chi connectivity index (χ1v) is 7.65. The maximum atomic E-state index is 12.1. The average molecular weight is 313 g/mol. The van der Waals surface area contributed by atoms with Crippen molar-refractivity contribution in [2.45, 2.75) is 19.3 Å². The molecule has 2 heterocycles. The molecule has 7 heteroatoms. The molecular formula is C16H19N5O2. The molecule has 7 nitrogen and oxygen atoms in total. The van der Waals surface area contributed by atoms with E-state index in [1.807, 2.05) is 24.3 Å². The number of nitrogens with zero attached hydrogens (tertiary/aromatic N) is 4. The van der Waals surface area contributed by atoms with Crippen LogP contribution in [0, 0.1) is 0 Å². The highest BCUT2D eigenvalue weighted by atomic mass is 16.2. The number of carbonyl (C=O) groups is 2. The Kier molecular flexibility index (Phi) is 4.36. The van der Waals surface area contributed by atoms with Gasteiger partial charge in [0.1, 0.15) is 6.33 Å². The van der Waals surface area contributed by atoms with Gasteiger partial charge in [-0.1, -0.05) is 12.1 Å². The van der Waals surface area contributed by atoms with Crippen molar-refractivity contribution in [2.24, 2.45) is 7.05 Å². The van der Waals surface area contributed by atoms with E-state index in [4.69, 9.17) is 0 Å². The summed E-state index contributed by atoms with van der Waals surface area (Å²) in [5.41, 5.74) is 1.50. The SMILES string of the molecule is Cn1cnc(-c2cccc(NC(=O)CN3CCCCC3=O)c2)n1. The number of aromatic nitrogens is 3. The van der Waals surface area contributed by atoms with Crippen LogP contribution >= 0.6 is 0 Å². The van der Waals surface area contributed by atoms with Crippen molar-refractivity contribution in [3.8, 4) is 11.4 Å². The number of carbonyl (C=O) groups excluding carboxylic acids is 2. The molecule has 1 aromatic heterocycles. The predicted molar refractivity (Wildman–Crippen MR) is 85.5 cm³/mol. The summed E-state index contributed by atoms with van der Waals surface area (Å²) in [4.78, 5) is 29.7. The highest BCUT2D eigenvalue weighted by Crippen LogP contribution is 2.19. The number of amides is 2. The van der Waals surface area contributed by atoms with E-state index in [9.17, 15) is 9.59 Å². The molecule has 3 rings (SSSR count). The van der Waals surface area contributed by atoms with Crippen LogP contribution in [0.2, 0.25) is 0 Å². The summed E-state index contributed by atoms with van der Waals surface area (Å²) in [7, 11) is 1.80. The summed E-state index contributed by atoms with van der Waals surface area (Å²) in [6.07, 6.45) is 4.03. The van der Waals surface area contributed by atoms with Crippen LogP contribution in [0.3, 0.4) is 0 Å². The molecular weight excluding hydrogens is 294 g/mol. The fraction of sp³-hybridized carbons (Fsp3) is 0.375. The molecule has 1 fully saturated rings. The van der Waals surface area contributed by atoms with Crippen molar-refractivity contribution >= 4 is 17.5 Å². The summed E-state index contributed by atoms with van der Waals surface area (Å²) in [6, 6.07) is 7.36. The third-order valence-corrected chi connectivity index (χ3v) is 3.76. The van der Waals surface area contributed by atoms with Gasteiger partial charge in [-0.3, -0.25) is 14.3 Å². The Morgan fingerprint density at radius 2 is 2.22 bits per heavy atom. The first-order chi connectivity index (χ1) is 11.1. The van der Waals surface area contributed by atoms with Crippen molar-refractivity contribution in [1.82, 2.24) is 19.7 Å². The Morgan fingerprint density at radius 1 is 1.35 bits per heavy atom.